The highest BCUT2D eigenvalue weighted by Gasteiger charge is 2.12. The molecule has 0 aliphatic heterocycles. The van der Waals surface area contributed by atoms with E-state index in [4.69, 9.17) is 10.00 Å². The molecule has 0 radical (unpaired) electrons. The molecule has 2 aromatic heterocycles. The van der Waals surface area contributed by atoms with E-state index in [1.165, 1.54) is 0 Å². The zero-order valence-electron chi connectivity index (χ0n) is 10.2. The van der Waals surface area contributed by atoms with E-state index in [0.717, 1.165) is 0 Å². The Balaban J connectivity index is 2.45. The monoisotopic (exact) mass is 251 g/mol. The summed E-state index contributed by atoms with van der Waals surface area (Å²) in [6, 6.07) is 8.89. The molecule has 0 aliphatic rings. The first-order chi connectivity index (χ1) is 9.28. The van der Waals surface area contributed by atoms with Crippen molar-refractivity contribution < 1.29 is 9.53 Å². The van der Waals surface area contributed by atoms with Crippen molar-refractivity contribution in [2.24, 2.45) is 0 Å². The predicted molar refractivity (Wildman–Crippen MR) is 68.6 cm³/mol. The Bertz CT molecular complexity index is 898. The molecule has 1 aromatic carbocycles. The molecule has 0 aliphatic carbocycles. The van der Waals surface area contributed by atoms with Gasteiger partial charge in [-0.25, -0.2) is 9.78 Å². The molecule has 3 aromatic rings. The number of aromatic nitrogens is 2. The van der Waals surface area contributed by atoms with Crippen LogP contribution in [0.4, 0.5) is 0 Å². The highest BCUT2D eigenvalue weighted by molar-refractivity contribution is 5.84. The summed E-state index contributed by atoms with van der Waals surface area (Å²) < 4.78 is 7.10. The van der Waals surface area contributed by atoms with Gasteiger partial charge in [-0.2, -0.15) is 5.26 Å². The van der Waals surface area contributed by atoms with E-state index in [2.05, 4.69) is 11.1 Å². The molecule has 0 saturated heterocycles. The lowest BCUT2D eigenvalue weighted by molar-refractivity contribution is 0.339. The van der Waals surface area contributed by atoms with Gasteiger partial charge >= 0.3 is 0 Å². The maximum Gasteiger partial charge on any atom is 0.151 e. The highest BCUT2D eigenvalue weighted by atomic mass is 16.5. The average molecular weight is 251 g/mol. The van der Waals surface area contributed by atoms with Crippen molar-refractivity contribution in [3.63, 3.8) is 0 Å². The van der Waals surface area contributed by atoms with Gasteiger partial charge in [0.25, 0.3) is 0 Å². The van der Waals surface area contributed by atoms with Crippen molar-refractivity contribution >= 4 is 22.6 Å². The number of nitriles is 1. The van der Waals surface area contributed by atoms with Crippen LogP contribution in [-0.4, -0.2) is 21.9 Å². The Morgan fingerprint density at radius 2 is 2.26 bits per heavy atom. The van der Waals surface area contributed by atoms with Crippen LogP contribution < -0.4 is 10.1 Å². The third kappa shape index (κ3) is 1.55. The second-order valence-corrected chi connectivity index (χ2v) is 4.01. The Hall–Kier alpha value is -2.83. The van der Waals surface area contributed by atoms with Gasteiger partial charge in [0.15, 0.2) is 5.94 Å². The Morgan fingerprint density at radius 3 is 2.95 bits per heavy atom. The van der Waals surface area contributed by atoms with Crippen LogP contribution >= 0.6 is 0 Å². The van der Waals surface area contributed by atoms with Gasteiger partial charge in [-0.05, 0) is 25.1 Å². The van der Waals surface area contributed by atoms with Crippen LogP contribution in [0.2, 0.25) is 0 Å². The first-order valence-electron chi connectivity index (χ1n) is 5.81. The van der Waals surface area contributed by atoms with Crippen molar-refractivity contribution in [3.8, 4) is 11.8 Å². The molecule has 0 N–H and O–H groups in total. The SMILES string of the molecule is CCOc1cc2nc3ccc(=C=O)n3c2cc1C#N. The van der Waals surface area contributed by atoms with E-state index in [-0.39, 0.29) is 0 Å². The molecule has 0 fully saturated rings. The summed E-state index contributed by atoms with van der Waals surface area (Å²) in [5.41, 5.74) is 2.48. The molecule has 0 spiro atoms. The third-order valence-electron chi connectivity index (χ3n) is 2.94. The van der Waals surface area contributed by atoms with Gasteiger partial charge in [-0.3, -0.25) is 4.40 Å². The number of fused-ring (bicyclic) bond motifs is 3. The fourth-order valence-electron chi connectivity index (χ4n) is 2.16. The molecular weight excluding hydrogens is 242 g/mol. The van der Waals surface area contributed by atoms with E-state index >= 15 is 0 Å². The number of rotatable bonds is 2. The first kappa shape index (κ1) is 11.3. The number of hydrogen-bond donors (Lipinski definition) is 0. The minimum absolute atomic E-state index is 0.394. The fraction of sp³-hybridized carbons (Fsp3) is 0.143. The lowest BCUT2D eigenvalue weighted by atomic mass is 10.2. The summed E-state index contributed by atoms with van der Waals surface area (Å²) in [6.45, 7) is 2.33. The van der Waals surface area contributed by atoms with Gasteiger partial charge < -0.3 is 4.74 Å². The minimum Gasteiger partial charge on any atom is -0.492 e. The Morgan fingerprint density at radius 1 is 1.42 bits per heavy atom. The highest BCUT2D eigenvalue weighted by Crippen LogP contribution is 2.25. The van der Waals surface area contributed by atoms with Crippen molar-refractivity contribution in [3.05, 3.63) is 35.2 Å². The molecule has 92 valence electrons. The summed E-state index contributed by atoms with van der Waals surface area (Å²) in [7, 11) is 0. The molecule has 0 saturated carbocycles. The second kappa shape index (κ2) is 4.13. The second-order valence-electron chi connectivity index (χ2n) is 4.01. The van der Waals surface area contributed by atoms with Gasteiger partial charge in [-0.1, -0.05) is 0 Å². The number of ether oxygens (including phenoxy) is 1. The van der Waals surface area contributed by atoms with Gasteiger partial charge in [-0.15, -0.1) is 0 Å². The lowest BCUT2D eigenvalue weighted by Crippen LogP contribution is -2.08. The minimum atomic E-state index is 0.394. The molecule has 3 rings (SSSR count). The topological polar surface area (TPSA) is 67.4 Å². The van der Waals surface area contributed by atoms with Crippen LogP contribution in [0.25, 0.3) is 16.7 Å². The van der Waals surface area contributed by atoms with Crippen LogP contribution in [0.3, 0.4) is 0 Å². The molecule has 0 unspecified atom stereocenters. The van der Waals surface area contributed by atoms with Gasteiger partial charge in [0.1, 0.15) is 22.8 Å². The summed E-state index contributed by atoms with van der Waals surface area (Å²) in [5, 5.41) is 9.55. The molecule has 0 atom stereocenters. The van der Waals surface area contributed by atoms with Crippen LogP contribution in [0.1, 0.15) is 12.5 Å². The molecular formula is C14H9N3O2. The average Bonchev–Trinajstić information content (AvgIpc) is 2.96. The van der Waals surface area contributed by atoms with E-state index in [1.54, 1.807) is 28.7 Å². The maximum absolute atomic E-state index is 10.9. The van der Waals surface area contributed by atoms with Crippen LogP contribution in [0.15, 0.2) is 24.3 Å². The number of carbonyl (C=O) groups excluding carboxylic acids is 1. The quantitative estimate of drug-likeness (QED) is 0.681. The normalized spacial score (nSPS) is 10.5. The number of benzene rings is 1. The van der Waals surface area contributed by atoms with E-state index in [9.17, 15) is 4.79 Å². The number of nitrogens with zero attached hydrogens (tertiary/aromatic N) is 3. The molecule has 5 nitrogen and oxygen atoms in total. The van der Waals surface area contributed by atoms with Crippen LogP contribution in [0.5, 0.6) is 5.75 Å². The van der Waals surface area contributed by atoms with E-state index < -0.39 is 0 Å². The number of hydrogen-bond acceptors (Lipinski definition) is 4. The van der Waals surface area contributed by atoms with Crippen molar-refractivity contribution in [1.82, 2.24) is 9.38 Å². The van der Waals surface area contributed by atoms with Crippen LogP contribution in [-0.2, 0) is 4.79 Å². The predicted octanol–water partition coefficient (Wildman–Crippen LogP) is 0.980. The fourth-order valence-corrected chi connectivity index (χ4v) is 2.16. The molecule has 19 heavy (non-hydrogen) atoms. The smallest absolute Gasteiger partial charge is 0.151 e. The van der Waals surface area contributed by atoms with Gasteiger partial charge in [0.05, 0.1) is 23.2 Å². The zero-order valence-corrected chi connectivity index (χ0v) is 10.2. The van der Waals surface area contributed by atoms with Crippen LogP contribution in [0, 0.1) is 11.3 Å². The van der Waals surface area contributed by atoms with Crippen molar-refractivity contribution in [2.45, 2.75) is 6.92 Å². The summed E-state index contributed by atoms with van der Waals surface area (Å²) in [4.78, 5) is 15.3. The van der Waals surface area contributed by atoms with Crippen molar-refractivity contribution in [1.29, 1.82) is 5.26 Å². The lowest BCUT2D eigenvalue weighted by Gasteiger charge is -2.04. The maximum atomic E-state index is 10.9. The van der Waals surface area contributed by atoms with Crippen molar-refractivity contribution in [2.75, 3.05) is 6.61 Å². The zero-order chi connectivity index (χ0) is 13.4. The van der Waals surface area contributed by atoms with Gasteiger partial charge in [0, 0.05) is 6.07 Å². The molecule has 5 heteroatoms. The Labute approximate surface area is 108 Å². The molecule has 0 amide bonds. The summed E-state index contributed by atoms with van der Waals surface area (Å²) in [6.07, 6.45) is 0. The summed E-state index contributed by atoms with van der Waals surface area (Å²) >= 11 is 0. The first-order valence-corrected chi connectivity index (χ1v) is 5.81. The Kier molecular flexibility index (Phi) is 2.45. The largest absolute Gasteiger partial charge is 0.492 e. The van der Waals surface area contributed by atoms with Gasteiger partial charge in [0.2, 0.25) is 0 Å². The molecule has 0 bridgehead atoms. The van der Waals surface area contributed by atoms with E-state index in [0.29, 0.717) is 39.9 Å². The number of imidazole rings is 1. The standard InChI is InChI=1S/C14H9N3O2/c1-2-19-13-6-11-12(5-9(13)7-15)17-10(8-18)3-4-14(17)16-11/h3-6H,2H2,1H3. The summed E-state index contributed by atoms with van der Waals surface area (Å²) in [5.74, 6) is 2.37. The third-order valence-corrected chi connectivity index (χ3v) is 2.94. The van der Waals surface area contributed by atoms with E-state index in [1.807, 2.05) is 12.9 Å². The molecule has 2 heterocycles.